The predicted octanol–water partition coefficient (Wildman–Crippen LogP) is 1.01. The monoisotopic (exact) mass is 431 g/mol. The van der Waals surface area contributed by atoms with E-state index in [1.165, 1.54) is 18.4 Å². The van der Waals surface area contributed by atoms with Crippen LogP contribution in [0.25, 0.3) is 0 Å². The third-order valence-electron chi connectivity index (χ3n) is 4.88. The second-order valence-corrected chi connectivity index (χ2v) is 9.21. The SMILES string of the molecule is CCNC(=NCc1ccccc1S(=O)(=O)N(C)C)N1CCN(c2ncccn2)CC1. The van der Waals surface area contributed by atoms with Gasteiger partial charge >= 0.3 is 0 Å². The Morgan fingerprint density at radius 3 is 2.40 bits per heavy atom. The number of hydrogen-bond acceptors (Lipinski definition) is 6. The van der Waals surface area contributed by atoms with Crippen LogP contribution in [0.1, 0.15) is 12.5 Å². The summed E-state index contributed by atoms with van der Waals surface area (Å²) in [6, 6.07) is 8.83. The molecule has 162 valence electrons. The van der Waals surface area contributed by atoms with Gasteiger partial charge in [-0.15, -0.1) is 0 Å². The van der Waals surface area contributed by atoms with Gasteiger partial charge in [0.25, 0.3) is 0 Å². The molecule has 9 nitrogen and oxygen atoms in total. The number of rotatable bonds is 6. The maximum atomic E-state index is 12.6. The largest absolute Gasteiger partial charge is 0.357 e. The second kappa shape index (κ2) is 9.86. The van der Waals surface area contributed by atoms with E-state index in [9.17, 15) is 8.42 Å². The topological polar surface area (TPSA) is 94.0 Å². The van der Waals surface area contributed by atoms with Crippen molar-refractivity contribution < 1.29 is 8.42 Å². The Morgan fingerprint density at radius 2 is 1.77 bits per heavy atom. The van der Waals surface area contributed by atoms with Crippen LogP contribution in [0.5, 0.6) is 0 Å². The zero-order valence-corrected chi connectivity index (χ0v) is 18.5. The first-order valence-corrected chi connectivity index (χ1v) is 11.4. The summed E-state index contributed by atoms with van der Waals surface area (Å²) in [6.07, 6.45) is 3.50. The van der Waals surface area contributed by atoms with Gasteiger partial charge in [0, 0.05) is 59.2 Å². The highest BCUT2D eigenvalue weighted by atomic mass is 32.2. The van der Waals surface area contributed by atoms with Crippen LogP contribution >= 0.6 is 0 Å². The normalized spacial score (nSPS) is 15.5. The van der Waals surface area contributed by atoms with Crippen molar-refractivity contribution in [3.05, 3.63) is 48.3 Å². The lowest BCUT2D eigenvalue weighted by atomic mass is 10.2. The Morgan fingerprint density at radius 1 is 1.10 bits per heavy atom. The zero-order valence-electron chi connectivity index (χ0n) is 17.7. The van der Waals surface area contributed by atoms with Crippen molar-refractivity contribution in [3.8, 4) is 0 Å². The van der Waals surface area contributed by atoms with Gasteiger partial charge in [0.1, 0.15) is 0 Å². The number of benzene rings is 1. The Hall–Kier alpha value is -2.72. The zero-order chi connectivity index (χ0) is 21.6. The lowest BCUT2D eigenvalue weighted by Gasteiger charge is -2.36. The van der Waals surface area contributed by atoms with E-state index in [-0.39, 0.29) is 6.54 Å². The van der Waals surface area contributed by atoms with Crippen molar-refractivity contribution in [3.63, 3.8) is 0 Å². The first-order chi connectivity index (χ1) is 14.4. The van der Waals surface area contributed by atoms with Crippen LogP contribution < -0.4 is 10.2 Å². The third-order valence-corrected chi connectivity index (χ3v) is 6.80. The molecule has 2 aromatic rings. The van der Waals surface area contributed by atoms with Crippen molar-refractivity contribution in [2.45, 2.75) is 18.4 Å². The van der Waals surface area contributed by atoms with E-state index in [0.717, 1.165) is 44.6 Å². The van der Waals surface area contributed by atoms with Gasteiger partial charge in [0.05, 0.1) is 11.4 Å². The van der Waals surface area contributed by atoms with Gasteiger partial charge in [0.15, 0.2) is 5.96 Å². The number of piperazine rings is 1. The van der Waals surface area contributed by atoms with Crippen LogP contribution in [0.3, 0.4) is 0 Å². The van der Waals surface area contributed by atoms with Gasteiger partial charge in [-0.1, -0.05) is 18.2 Å². The third kappa shape index (κ3) is 5.06. The molecule has 1 saturated heterocycles. The summed E-state index contributed by atoms with van der Waals surface area (Å²) in [5.74, 6) is 1.52. The summed E-state index contributed by atoms with van der Waals surface area (Å²) < 4.78 is 26.5. The number of guanidine groups is 1. The molecule has 1 aliphatic heterocycles. The highest BCUT2D eigenvalue weighted by Gasteiger charge is 2.23. The Labute approximate surface area is 178 Å². The smallest absolute Gasteiger partial charge is 0.242 e. The Bertz CT molecular complexity index is 956. The number of nitrogens with zero attached hydrogens (tertiary/aromatic N) is 6. The Kier molecular flexibility index (Phi) is 7.22. The summed E-state index contributed by atoms with van der Waals surface area (Å²) in [4.78, 5) is 18.0. The van der Waals surface area contributed by atoms with Gasteiger partial charge < -0.3 is 15.1 Å². The fourth-order valence-electron chi connectivity index (χ4n) is 3.24. The molecule has 1 aromatic carbocycles. The second-order valence-electron chi connectivity index (χ2n) is 7.09. The van der Waals surface area contributed by atoms with Gasteiger partial charge in [-0.2, -0.15) is 0 Å². The molecule has 0 radical (unpaired) electrons. The van der Waals surface area contributed by atoms with E-state index in [1.807, 2.05) is 25.1 Å². The summed E-state index contributed by atoms with van der Waals surface area (Å²) in [5.41, 5.74) is 0.679. The fraction of sp³-hybridized carbons (Fsp3) is 0.450. The lowest BCUT2D eigenvalue weighted by molar-refractivity contribution is 0.370. The quantitative estimate of drug-likeness (QED) is 0.539. The van der Waals surface area contributed by atoms with Gasteiger partial charge in [-0.25, -0.2) is 27.7 Å². The van der Waals surface area contributed by atoms with Crippen LogP contribution in [0.2, 0.25) is 0 Å². The molecule has 1 fully saturated rings. The number of nitrogens with one attached hydrogen (secondary N) is 1. The van der Waals surface area contributed by atoms with Crippen molar-refractivity contribution in [1.29, 1.82) is 0 Å². The lowest BCUT2D eigenvalue weighted by Crippen LogP contribution is -2.53. The molecule has 2 heterocycles. The summed E-state index contributed by atoms with van der Waals surface area (Å²) in [6.45, 7) is 6.18. The molecule has 0 spiro atoms. The predicted molar refractivity (Wildman–Crippen MR) is 118 cm³/mol. The number of aromatic nitrogens is 2. The van der Waals surface area contributed by atoms with Crippen LogP contribution in [0, 0.1) is 0 Å². The average molecular weight is 432 g/mol. The van der Waals surface area contributed by atoms with Crippen LogP contribution in [-0.2, 0) is 16.6 Å². The van der Waals surface area contributed by atoms with E-state index in [0.29, 0.717) is 10.5 Å². The molecule has 0 bridgehead atoms. The summed E-state index contributed by atoms with van der Waals surface area (Å²) in [5, 5.41) is 3.32. The molecule has 1 aromatic heterocycles. The van der Waals surface area contributed by atoms with E-state index in [4.69, 9.17) is 4.99 Å². The number of sulfonamides is 1. The summed E-state index contributed by atoms with van der Waals surface area (Å²) in [7, 11) is -0.447. The molecule has 30 heavy (non-hydrogen) atoms. The van der Waals surface area contributed by atoms with E-state index < -0.39 is 10.0 Å². The Balaban J connectivity index is 1.74. The molecule has 0 saturated carbocycles. The van der Waals surface area contributed by atoms with Gasteiger partial charge in [-0.3, -0.25) is 0 Å². The van der Waals surface area contributed by atoms with E-state index in [2.05, 4.69) is 25.1 Å². The summed E-state index contributed by atoms with van der Waals surface area (Å²) >= 11 is 0. The molecule has 10 heteroatoms. The van der Waals surface area contributed by atoms with Crippen LogP contribution in [0.4, 0.5) is 5.95 Å². The first-order valence-electron chi connectivity index (χ1n) is 9.99. The molecule has 0 atom stereocenters. The van der Waals surface area contributed by atoms with Gasteiger partial charge in [0.2, 0.25) is 16.0 Å². The first kappa shape index (κ1) is 22.0. The van der Waals surface area contributed by atoms with Crippen molar-refractivity contribution in [2.75, 3.05) is 51.7 Å². The number of hydrogen-bond donors (Lipinski definition) is 1. The molecular weight excluding hydrogens is 402 g/mol. The standard InChI is InChI=1S/C20H29N7O2S/c1-4-21-19(26-12-14-27(15-13-26)20-22-10-7-11-23-20)24-16-17-8-5-6-9-18(17)30(28,29)25(2)3/h5-11H,4,12-16H2,1-3H3,(H,21,24). The molecule has 1 N–H and O–H groups in total. The molecule has 1 aliphatic rings. The van der Waals surface area contributed by atoms with Crippen molar-refractivity contribution >= 4 is 21.9 Å². The number of anilines is 1. The molecule has 3 rings (SSSR count). The molecule has 0 unspecified atom stereocenters. The maximum absolute atomic E-state index is 12.6. The minimum Gasteiger partial charge on any atom is -0.357 e. The van der Waals surface area contributed by atoms with E-state index >= 15 is 0 Å². The van der Waals surface area contributed by atoms with Crippen molar-refractivity contribution in [1.82, 2.24) is 24.5 Å². The molecular formula is C20H29N7O2S. The highest BCUT2D eigenvalue weighted by molar-refractivity contribution is 7.89. The molecule has 0 aliphatic carbocycles. The van der Waals surface area contributed by atoms with Crippen LogP contribution in [0.15, 0.2) is 52.6 Å². The molecule has 0 amide bonds. The van der Waals surface area contributed by atoms with Crippen LogP contribution in [-0.4, -0.2) is 80.4 Å². The minimum absolute atomic E-state index is 0.285. The maximum Gasteiger partial charge on any atom is 0.242 e. The van der Waals surface area contributed by atoms with Crippen molar-refractivity contribution in [2.24, 2.45) is 4.99 Å². The average Bonchev–Trinajstić information content (AvgIpc) is 2.77. The number of aliphatic imine (C=N–C) groups is 1. The van der Waals surface area contributed by atoms with Gasteiger partial charge in [-0.05, 0) is 24.6 Å². The highest BCUT2D eigenvalue weighted by Crippen LogP contribution is 2.19. The minimum atomic E-state index is -3.52. The fourth-order valence-corrected chi connectivity index (χ4v) is 4.35. The van der Waals surface area contributed by atoms with E-state index in [1.54, 1.807) is 24.5 Å².